The fourth-order valence-corrected chi connectivity index (χ4v) is 2.10. The van der Waals surface area contributed by atoms with Crippen molar-refractivity contribution < 1.29 is 14.6 Å². The van der Waals surface area contributed by atoms with Crippen LogP contribution in [-0.4, -0.2) is 48.8 Å². The van der Waals surface area contributed by atoms with Gasteiger partial charge in [-0.1, -0.05) is 12.1 Å². The molecule has 0 heterocycles. The van der Waals surface area contributed by atoms with Crippen molar-refractivity contribution in [3.05, 3.63) is 29.8 Å². The summed E-state index contributed by atoms with van der Waals surface area (Å²) in [4.78, 5) is 13.8. The van der Waals surface area contributed by atoms with Crippen LogP contribution in [0.15, 0.2) is 24.3 Å². The summed E-state index contributed by atoms with van der Waals surface area (Å²) in [6, 6.07) is 6.19. The molecule has 0 radical (unpaired) electrons. The first-order valence-electron chi connectivity index (χ1n) is 7.42. The van der Waals surface area contributed by atoms with E-state index in [1.165, 1.54) is 12.8 Å². The Bertz CT molecular complexity index is 457. The first kappa shape index (κ1) is 15.8. The summed E-state index contributed by atoms with van der Waals surface area (Å²) in [6.45, 7) is 1.93. The van der Waals surface area contributed by atoms with E-state index in [1.54, 1.807) is 36.2 Å². The number of hydrogen-bond donors (Lipinski definition) is 2. The van der Waals surface area contributed by atoms with Gasteiger partial charge in [-0.2, -0.15) is 0 Å². The van der Waals surface area contributed by atoms with Gasteiger partial charge in [0, 0.05) is 20.2 Å². The zero-order valence-corrected chi connectivity index (χ0v) is 12.5. The molecule has 1 saturated carbocycles. The van der Waals surface area contributed by atoms with Gasteiger partial charge in [-0.3, -0.25) is 4.79 Å². The number of amides is 1. The van der Waals surface area contributed by atoms with Gasteiger partial charge in [-0.05, 0) is 42.9 Å². The molecule has 116 valence electrons. The Kier molecular flexibility index (Phi) is 5.59. The van der Waals surface area contributed by atoms with Gasteiger partial charge < -0.3 is 20.5 Å². The van der Waals surface area contributed by atoms with Gasteiger partial charge >= 0.3 is 0 Å². The topological polar surface area (TPSA) is 75.8 Å². The Labute approximate surface area is 125 Å². The van der Waals surface area contributed by atoms with Gasteiger partial charge in [0.05, 0.1) is 12.6 Å². The number of nitrogens with two attached hydrogens (primary N) is 1. The molecule has 0 spiro atoms. The highest BCUT2D eigenvalue weighted by Crippen LogP contribution is 2.28. The Balaban J connectivity index is 1.70. The van der Waals surface area contributed by atoms with Crippen LogP contribution in [0.1, 0.15) is 18.4 Å². The molecule has 0 saturated heterocycles. The zero-order valence-electron chi connectivity index (χ0n) is 12.5. The maximum absolute atomic E-state index is 12.2. The molecule has 1 aliphatic carbocycles. The second-order valence-corrected chi connectivity index (χ2v) is 5.76. The lowest BCUT2D eigenvalue weighted by Gasteiger charge is -2.21. The van der Waals surface area contributed by atoms with Crippen LogP contribution in [0.4, 0.5) is 0 Å². The first-order valence-corrected chi connectivity index (χ1v) is 7.42. The summed E-state index contributed by atoms with van der Waals surface area (Å²) in [6.07, 6.45) is 3.00. The normalized spacial score (nSPS) is 15.7. The number of phenols is 1. The van der Waals surface area contributed by atoms with E-state index in [4.69, 9.17) is 10.5 Å². The van der Waals surface area contributed by atoms with E-state index in [0.29, 0.717) is 19.6 Å². The van der Waals surface area contributed by atoms with Crippen LogP contribution in [0.25, 0.3) is 0 Å². The summed E-state index contributed by atoms with van der Waals surface area (Å²) in [5.41, 5.74) is 6.89. The highest BCUT2D eigenvalue weighted by molar-refractivity contribution is 5.81. The molecule has 1 aromatic rings. The molecular formula is C16H24N2O3. The molecule has 1 aromatic carbocycles. The molecular weight excluding hydrogens is 268 g/mol. The number of hydrogen-bond acceptors (Lipinski definition) is 4. The fourth-order valence-electron chi connectivity index (χ4n) is 2.10. The summed E-state index contributed by atoms with van der Waals surface area (Å²) in [5.74, 6) is 0.865. The lowest BCUT2D eigenvalue weighted by molar-refractivity contribution is -0.131. The number of rotatable bonds is 8. The number of likely N-dealkylation sites (N-methyl/N-ethyl adjacent to an activating group) is 1. The number of carbonyl (C=O) groups excluding carboxylic acids is 1. The zero-order chi connectivity index (χ0) is 15.2. The number of ether oxygens (including phenoxy) is 1. The van der Waals surface area contributed by atoms with E-state index in [-0.39, 0.29) is 11.7 Å². The van der Waals surface area contributed by atoms with Gasteiger partial charge in [0.2, 0.25) is 5.91 Å². The second-order valence-electron chi connectivity index (χ2n) is 5.76. The quantitative estimate of drug-likeness (QED) is 0.705. The molecule has 2 rings (SSSR count). The molecule has 1 aliphatic rings. The minimum absolute atomic E-state index is 0.0851. The Morgan fingerprint density at radius 3 is 2.71 bits per heavy atom. The SMILES string of the molecule is CN(CCOCC1CC1)C(=O)[C@H](N)Cc1ccc(O)cc1. The van der Waals surface area contributed by atoms with Crippen LogP contribution < -0.4 is 5.73 Å². The number of nitrogens with zero attached hydrogens (tertiary/aromatic N) is 1. The summed E-state index contributed by atoms with van der Waals surface area (Å²) >= 11 is 0. The summed E-state index contributed by atoms with van der Waals surface area (Å²) in [7, 11) is 1.75. The van der Waals surface area contributed by atoms with Gasteiger partial charge in [0.15, 0.2) is 0 Å². The molecule has 5 heteroatoms. The Hall–Kier alpha value is -1.59. The summed E-state index contributed by atoms with van der Waals surface area (Å²) in [5, 5.41) is 9.23. The summed E-state index contributed by atoms with van der Waals surface area (Å²) < 4.78 is 5.53. The predicted molar refractivity (Wildman–Crippen MR) is 81.0 cm³/mol. The number of benzene rings is 1. The van der Waals surface area contributed by atoms with Crippen molar-refractivity contribution >= 4 is 5.91 Å². The molecule has 1 atom stereocenters. The first-order chi connectivity index (χ1) is 10.1. The smallest absolute Gasteiger partial charge is 0.239 e. The monoisotopic (exact) mass is 292 g/mol. The van der Waals surface area contributed by atoms with Crippen LogP contribution in [-0.2, 0) is 16.0 Å². The predicted octanol–water partition coefficient (Wildman–Crippen LogP) is 1.15. The molecule has 0 unspecified atom stereocenters. The van der Waals surface area contributed by atoms with Crippen molar-refractivity contribution in [2.24, 2.45) is 11.7 Å². The van der Waals surface area contributed by atoms with E-state index in [0.717, 1.165) is 18.1 Å². The molecule has 1 fully saturated rings. The van der Waals surface area contributed by atoms with Crippen molar-refractivity contribution in [1.29, 1.82) is 0 Å². The van der Waals surface area contributed by atoms with Crippen molar-refractivity contribution in [3.63, 3.8) is 0 Å². The largest absolute Gasteiger partial charge is 0.508 e. The standard InChI is InChI=1S/C16H24N2O3/c1-18(8-9-21-11-13-2-3-13)16(20)15(17)10-12-4-6-14(19)7-5-12/h4-7,13,15,19H,2-3,8-11,17H2,1H3/t15-/m1/s1. The van der Waals surface area contributed by atoms with E-state index < -0.39 is 6.04 Å². The maximum atomic E-state index is 12.2. The number of phenolic OH excluding ortho intramolecular Hbond substituents is 1. The molecule has 5 nitrogen and oxygen atoms in total. The highest BCUT2D eigenvalue weighted by Gasteiger charge is 2.22. The van der Waals surface area contributed by atoms with E-state index in [9.17, 15) is 9.90 Å². The molecule has 1 amide bonds. The van der Waals surface area contributed by atoms with E-state index in [2.05, 4.69) is 0 Å². The third-order valence-electron chi connectivity index (χ3n) is 3.71. The molecule has 0 aliphatic heterocycles. The minimum atomic E-state index is -0.567. The van der Waals surface area contributed by atoms with Crippen LogP contribution in [0.2, 0.25) is 0 Å². The lowest BCUT2D eigenvalue weighted by Crippen LogP contribution is -2.44. The van der Waals surface area contributed by atoms with Crippen molar-refractivity contribution in [2.45, 2.75) is 25.3 Å². The van der Waals surface area contributed by atoms with Crippen LogP contribution in [0, 0.1) is 5.92 Å². The Morgan fingerprint density at radius 1 is 1.43 bits per heavy atom. The number of carbonyl (C=O) groups is 1. The Morgan fingerprint density at radius 2 is 2.10 bits per heavy atom. The van der Waals surface area contributed by atoms with Gasteiger partial charge in [-0.15, -0.1) is 0 Å². The third-order valence-corrected chi connectivity index (χ3v) is 3.71. The van der Waals surface area contributed by atoms with Crippen LogP contribution in [0.3, 0.4) is 0 Å². The molecule has 21 heavy (non-hydrogen) atoms. The van der Waals surface area contributed by atoms with Crippen molar-refractivity contribution in [2.75, 3.05) is 26.8 Å². The van der Waals surface area contributed by atoms with Gasteiger partial charge in [-0.25, -0.2) is 0 Å². The van der Waals surface area contributed by atoms with Crippen molar-refractivity contribution in [3.8, 4) is 5.75 Å². The van der Waals surface area contributed by atoms with E-state index in [1.807, 2.05) is 0 Å². The highest BCUT2D eigenvalue weighted by atomic mass is 16.5. The van der Waals surface area contributed by atoms with Crippen molar-refractivity contribution in [1.82, 2.24) is 4.90 Å². The molecule has 0 bridgehead atoms. The average Bonchev–Trinajstić information content (AvgIpc) is 3.29. The van der Waals surface area contributed by atoms with E-state index >= 15 is 0 Å². The number of aromatic hydroxyl groups is 1. The maximum Gasteiger partial charge on any atom is 0.239 e. The fraction of sp³-hybridized carbons (Fsp3) is 0.562. The van der Waals surface area contributed by atoms with Gasteiger partial charge in [0.25, 0.3) is 0 Å². The second kappa shape index (κ2) is 7.43. The molecule has 0 aromatic heterocycles. The minimum Gasteiger partial charge on any atom is -0.508 e. The third kappa shape index (κ3) is 5.36. The molecule has 3 N–H and O–H groups in total. The van der Waals surface area contributed by atoms with Crippen LogP contribution in [0.5, 0.6) is 5.75 Å². The van der Waals surface area contributed by atoms with Crippen LogP contribution >= 0.6 is 0 Å². The van der Waals surface area contributed by atoms with Gasteiger partial charge in [0.1, 0.15) is 5.75 Å². The lowest BCUT2D eigenvalue weighted by atomic mass is 10.1. The average molecular weight is 292 g/mol.